The van der Waals surface area contributed by atoms with Crippen LogP contribution in [0.2, 0.25) is 0 Å². The van der Waals surface area contributed by atoms with Crippen LogP contribution in [0.15, 0.2) is 41.6 Å². The van der Waals surface area contributed by atoms with Crippen LogP contribution in [0.1, 0.15) is 17.5 Å². The van der Waals surface area contributed by atoms with Crippen LogP contribution in [0.5, 0.6) is 0 Å². The van der Waals surface area contributed by atoms with Crippen LogP contribution < -0.4 is 5.32 Å². The summed E-state index contributed by atoms with van der Waals surface area (Å²) in [6.45, 7) is 0. The number of nitrogens with one attached hydrogen (secondary N) is 1. The SMILES string of the molecule is O=C(Cc1ccc2c(c1)CCCS2)Nc1ncccn1. The number of aryl methyl sites for hydroxylation is 1. The molecule has 2 heterocycles. The van der Waals surface area contributed by atoms with Gasteiger partial charge in [-0.05, 0) is 41.9 Å². The van der Waals surface area contributed by atoms with Gasteiger partial charge in [-0.3, -0.25) is 10.1 Å². The topological polar surface area (TPSA) is 54.9 Å². The van der Waals surface area contributed by atoms with E-state index in [0.29, 0.717) is 12.4 Å². The molecule has 2 aromatic rings. The van der Waals surface area contributed by atoms with Crippen molar-refractivity contribution >= 4 is 23.6 Å². The molecule has 1 aromatic heterocycles. The molecule has 1 aliphatic rings. The molecule has 0 bridgehead atoms. The quantitative estimate of drug-likeness (QED) is 0.942. The van der Waals surface area contributed by atoms with Gasteiger partial charge in [-0.25, -0.2) is 9.97 Å². The maximum atomic E-state index is 12.0. The zero-order valence-electron chi connectivity index (χ0n) is 11.0. The molecule has 4 nitrogen and oxygen atoms in total. The molecular weight excluding hydrogens is 270 g/mol. The van der Waals surface area contributed by atoms with Gasteiger partial charge in [0.15, 0.2) is 0 Å². The fourth-order valence-electron chi connectivity index (χ4n) is 2.24. The second-order valence-electron chi connectivity index (χ2n) is 4.69. The lowest BCUT2D eigenvalue weighted by Gasteiger charge is -2.15. The molecular formula is C15H15N3OS. The van der Waals surface area contributed by atoms with E-state index in [1.807, 2.05) is 17.8 Å². The lowest BCUT2D eigenvalue weighted by molar-refractivity contribution is -0.115. The average Bonchev–Trinajstić information content (AvgIpc) is 2.48. The summed E-state index contributed by atoms with van der Waals surface area (Å²) in [6.07, 6.45) is 5.90. The minimum absolute atomic E-state index is 0.0837. The lowest BCUT2D eigenvalue weighted by atomic mass is 10.0. The van der Waals surface area contributed by atoms with Gasteiger partial charge in [-0.2, -0.15) is 0 Å². The van der Waals surface area contributed by atoms with Crippen LogP contribution in [0, 0.1) is 0 Å². The Labute approximate surface area is 122 Å². The molecule has 0 atom stereocenters. The van der Waals surface area contributed by atoms with Crippen LogP contribution in [0.25, 0.3) is 0 Å². The van der Waals surface area contributed by atoms with Gasteiger partial charge in [0.25, 0.3) is 0 Å². The number of amides is 1. The molecule has 20 heavy (non-hydrogen) atoms. The zero-order valence-corrected chi connectivity index (χ0v) is 11.8. The molecule has 102 valence electrons. The molecule has 0 fully saturated rings. The third-order valence-electron chi connectivity index (χ3n) is 3.15. The largest absolute Gasteiger partial charge is 0.294 e. The molecule has 1 N–H and O–H groups in total. The van der Waals surface area contributed by atoms with Gasteiger partial charge < -0.3 is 0 Å². The Hall–Kier alpha value is -1.88. The van der Waals surface area contributed by atoms with E-state index in [9.17, 15) is 4.79 Å². The number of aromatic nitrogens is 2. The number of hydrogen-bond donors (Lipinski definition) is 1. The van der Waals surface area contributed by atoms with E-state index in [0.717, 1.165) is 12.0 Å². The monoisotopic (exact) mass is 285 g/mol. The van der Waals surface area contributed by atoms with Gasteiger partial charge >= 0.3 is 0 Å². The molecule has 0 unspecified atom stereocenters. The van der Waals surface area contributed by atoms with E-state index in [4.69, 9.17) is 0 Å². The van der Waals surface area contributed by atoms with Crippen molar-refractivity contribution in [1.82, 2.24) is 9.97 Å². The van der Waals surface area contributed by atoms with Gasteiger partial charge in [0, 0.05) is 17.3 Å². The Kier molecular flexibility index (Phi) is 3.97. The van der Waals surface area contributed by atoms with Crippen LogP contribution >= 0.6 is 11.8 Å². The van der Waals surface area contributed by atoms with Crippen molar-refractivity contribution in [2.24, 2.45) is 0 Å². The van der Waals surface area contributed by atoms with Gasteiger partial charge in [-0.1, -0.05) is 12.1 Å². The standard InChI is InChI=1S/C15H15N3OS/c19-14(18-15-16-6-2-7-17-15)10-11-4-5-13-12(9-11)3-1-8-20-13/h2,4-7,9H,1,3,8,10H2,(H,16,17,18,19). The first-order chi connectivity index (χ1) is 9.81. The van der Waals surface area contributed by atoms with Crippen molar-refractivity contribution in [3.8, 4) is 0 Å². The lowest BCUT2D eigenvalue weighted by Crippen LogP contribution is -2.16. The molecule has 1 amide bonds. The predicted molar refractivity (Wildman–Crippen MR) is 79.9 cm³/mol. The average molecular weight is 285 g/mol. The summed E-state index contributed by atoms with van der Waals surface area (Å²) < 4.78 is 0. The van der Waals surface area contributed by atoms with Crippen LogP contribution in [-0.4, -0.2) is 21.6 Å². The number of carbonyl (C=O) groups is 1. The Morgan fingerprint density at radius 2 is 2.15 bits per heavy atom. The Morgan fingerprint density at radius 3 is 3.00 bits per heavy atom. The molecule has 1 aromatic carbocycles. The Balaban J connectivity index is 1.67. The van der Waals surface area contributed by atoms with Crippen molar-refractivity contribution in [2.75, 3.05) is 11.1 Å². The highest BCUT2D eigenvalue weighted by Gasteiger charge is 2.12. The summed E-state index contributed by atoms with van der Waals surface area (Å²) in [6, 6.07) is 8.02. The van der Waals surface area contributed by atoms with E-state index in [1.165, 1.54) is 22.6 Å². The normalized spacial score (nSPS) is 13.6. The van der Waals surface area contributed by atoms with E-state index in [2.05, 4.69) is 27.4 Å². The van der Waals surface area contributed by atoms with Crippen molar-refractivity contribution in [2.45, 2.75) is 24.2 Å². The summed E-state index contributed by atoms with van der Waals surface area (Å²) >= 11 is 1.90. The van der Waals surface area contributed by atoms with Crippen molar-refractivity contribution < 1.29 is 4.79 Å². The number of benzene rings is 1. The second-order valence-corrected chi connectivity index (χ2v) is 5.83. The molecule has 3 rings (SSSR count). The molecule has 0 spiro atoms. The molecule has 1 aliphatic heterocycles. The molecule has 0 saturated heterocycles. The highest BCUT2D eigenvalue weighted by Crippen LogP contribution is 2.30. The zero-order chi connectivity index (χ0) is 13.8. The summed E-state index contributed by atoms with van der Waals surface area (Å²) in [7, 11) is 0. The first kappa shape index (κ1) is 13.1. The van der Waals surface area contributed by atoms with Crippen LogP contribution in [0.4, 0.5) is 5.95 Å². The van der Waals surface area contributed by atoms with Gasteiger partial charge in [0.1, 0.15) is 0 Å². The Morgan fingerprint density at radius 1 is 1.30 bits per heavy atom. The van der Waals surface area contributed by atoms with E-state index in [1.54, 1.807) is 18.5 Å². The number of carbonyl (C=O) groups excluding carboxylic acids is 1. The van der Waals surface area contributed by atoms with Crippen molar-refractivity contribution in [3.63, 3.8) is 0 Å². The number of thioether (sulfide) groups is 1. The smallest absolute Gasteiger partial charge is 0.231 e. The molecule has 0 aliphatic carbocycles. The fraction of sp³-hybridized carbons (Fsp3) is 0.267. The van der Waals surface area contributed by atoms with Crippen molar-refractivity contribution in [1.29, 1.82) is 0 Å². The highest BCUT2D eigenvalue weighted by molar-refractivity contribution is 7.99. The summed E-state index contributed by atoms with van der Waals surface area (Å²) in [5, 5.41) is 2.70. The summed E-state index contributed by atoms with van der Waals surface area (Å²) in [5.74, 6) is 1.46. The van der Waals surface area contributed by atoms with Gasteiger partial charge in [-0.15, -0.1) is 11.8 Å². The minimum Gasteiger partial charge on any atom is -0.294 e. The van der Waals surface area contributed by atoms with E-state index >= 15 is 0 Å². The number of hydrogen-bond acceptors (Lipinski definition) is 4. The number of nitrogens with zero attached hydrogens (tertiary/aromatic N) is 2. The molecule has 0 radical (unpaired) electrons. The van der Waals surface area contributed by atoms with E-state index in [-0.39, 0.29) is 5.91 Å². The van der Waals surface area contributed by atoms with Crippen LogP contribution in [-0.2, 0) is 17.6 Å². The number of fused-ring (bicyclic) bond motifs is 1. The molecule has 5 heteroatoms. The van der Waals surface area contributed by atoms with Crippen LogP contribution in [0.3, 0.4) is 0 Å². The maximum absolute atomic E-state index is 12.0. The van der Waals surface area contributed by atoms with Gasteiger partial charge in [0.05, 0.1) is 6.42 Å². The fourth-order valence-corrected chi connectivity index (χ4v) is 3.26. The molecule has 0 saturated carbocycles. The third kappa shape index (κ3) is 3.17. The van der Waals surface area contributed by atoms with Crippen molar-refractivity contribution in [3.05, 3.63) is 47.8 Å². The first-order valence-electron chi connectivity index (χ1n) is 6.63. The number of anilines is 1. The summed E-state index contributed by atoms with van der Waals surface area (Å²) in [4.78, 5) is 21.3. The second kappa shape index (κ2) is 6.05. The number of rotatable bonds is 3. The van der Waals surface area contributed by atoms with Gasteiger partial charge in [0.2, 0.25) is 11.9 Å². The highest BCUT2D eigenvalue weighted by atomic mass is 32.2. The third-order valence-corrected chi connectivity index (χ3v) is 4.36. The first-order valence-corrected chi connectivity index (χ1v) is 7.61. The Bertz CT molecular complexity index is 616. The summed E-state index contributed by atoms with van der Waals surface area (Å²) in [5.41, 5.74) is 2.40. The van der Waals surface area contributed by atoms with E-state index < -0.39 is 0 Å². The predicted octanol–water partition coefficient (Wildman–Crippen LogP) is 2.70. The minimum atomic E-state index is -0.0837. The maximum Gasteiger partial charge on any atom is 0.231 e.